The molecule has 1 aromatic rings. The lowest BCUT2D eigenvalue weighted by Gasteiger charge is -2.15. The summed E-state index contributed by atoms with van der Waals surface area (Å²) < 4.78 is 10.9. The monoisotopic (exact) mass is 519 g/mol. The van der Waals surface area contributed by atoms with Crippen LogP contribution in [-0.4, -0.2) is 69.7 Å². The minimum atomic E-state index is -0.347. The number of aliphatic imine (C=N–C) groups is 1. The Morgan fingerprint density at radius 2 is 2.00 bits per heavy atom. The predicted molar refractivity (Wildman–Crippen MR) is 122 cm³/mol. The fourth-order valence-electron chi connectivity index (χ4n) is 2.83. The summed E-state index contributed by atoms with van der Waals surface area (Å²) in [7, 11) is 3.31. The lowest BCUT2D eigenvalue weighted by Crippen LogP contribution is -2.43. The molecule has 1 fully saturated rings. The second kappa shape index (κ2) is 13.1. The van der Waals surface area contributed by atoms with Gasteiger partial charge < -0.3 is 25.4 Å². The number of nitrogens with zero attached hydrogens (tertiary/aromatic N) is 2. The number of halogens is 1. The van der Waals surface area contributed by atoms with E-state index in [1.54, 1.807) is 14.2 Å². The van der Waals surface area contributed by atoms with Gasteiger partial charge in [0.2, 0.25) is 5.91 Å². The quantitative estimate of drug-likeness (QED) is 0.142. The number of hydrogen-bond donors (Lipinski definition) is 3. The molecule has 1 aromatic carbocycles. The number of methoxy groups -OCH3 is 1. The number of hydrogen-bond acceptors (Lipinski definition) is 5. The highest BCUT2D eigenvalue weighted by atomic mass is 127. The highest BCUT2D eigenvalue weighted by molar-refractivity contribution is 14.0. The third-order valence-corrected chi connectivity index (χ3v) is 4.25. The summed E-state index contributed by atoms with van der Waals surface area (Å²) in [6.45, 7) is 4.09. The molecule has 0 radical (unpaired) electrons. The second-order valence-electron chi connectivity index (χ2n) is 6.15. The smallest absolute Gasteiger partial charge is 0.324 e. The molecule has 3 N–H and O–H groups in total. The van der Waals surface area contributed by atoms with Crippen molar-refractivity contribution >= 4 is 41.9 Å². The molecule has 0 spiro atoms. The van der Waals surface area contributed by atoms with Crippen LogP contribution in [0, 0.1) is 0 Å². The third-order valence-electron chi connectivity index (χ3n) is 4.25. The molecule has 0 unspecified atom stereocenters. The van der Waals surface area contributed by atoms with Crippen molar-refractivity contribution in [1.29, 1.82) is 0 Å². The Bertz CT molecular complexity index is 698. The number of nitrogens with one attached hydrogen (secondary N) is 3. The molecule has 162 valence electrons. The maximum absolute atomic E-state index is 11.5. The van der Waals surface area contributed by atoms with Gasteiger partial charge in [-0.15, -0.1) is 24.0 Å². The van der Waals surface area contributed by atoms with Crippen LogP contribution < -0.4 is 25.4 Å². The SMILES string of the molecule is CCOc1cc(CCCNC(=NC)NCCN2C(=O)CNC2=O)ccc1OC.I. The lowest BCUT2D eigenvalue weighted by atomic mass is 10.1. The summed E-state index contributed by atoms with van der Waals surface area (Å²) in [5, 5.41) is 8.83. The Morgan fingerprint density at radius 3 is 2.62 bits per heavy atom. The number of imide groups is 1. The third kappa shape index (κ3) is 7.59. The van der Waals surface area contributed by atoms with Crippen LogP contribution in [0.4, 0.5) is 4.79 Å². The molecule has 2 rings (SSSR count). The fourth-order valence-corrected chi connectivity index (χ4v) is 2.83. The Labute approximate surface area is 188 Å². The van der Waals surface area contributed by atoms with Crippen LogP contribution in [0.15, 0.2) is 23.2 Å². The summed E-state index contributed by atoms with van der Waals surface area (Å²) in [5.41, 5.74) is 1.17. The van der Waals surface area contributed by atoms with Crippen LogP contribution in [0.5, 0.6) is 11.5 Å². The van der Waals surface area contributed by atoms with Crippen molar-refractivity contribution in [2.75, 3.05) is 46.9 Å². The first-order valence-electron chi connectivity index (χ1n) is 9.41. The van der Waals surface area contributed by atoms with E-state index in [2.05, 4.69) is 20.9 Å². The van der Waals surface area contributed by atoms with E-state index in [-0.39, 0.29) is 42.5 Å². The van der Waals surface area contributed by atoms with Gasteiger partial charge in [0.15, 0.2) is 17.5 Å². The number of aryl methyl sites for hydroxylation is 1. The van der Waals surface area contributed by atoms with Gasteiger partial charge in [-0.05, 0) is 37.5 Å². The number of guanidine groups is 1. The van der Waals surface area contributed by atoms with Crippen LogP contribution in [0.3, 0.4) is 0 Å². The van der Waals surface area contributed by atoms with E-state index in [4.69, 9.17) is 9.47 Å². The van der Waals surface area contributed by atoms with Gasteiger partial charge >= 0.3 is 6.03 Å². The minimum Gasteiger partial charge on any atom is -0.493 e. The van der Waals surface area contributed by atoms with Crippen LogP contribution >= 0.6 is 24.0 Å². The molecular weight excluding hydrogens is 489 g/mol. The van der Waals surface area contributed by atoms with Crippen LogP contribution in [0.2, 0.25) is 0 Å². The number of ether oxygens (including phenoxy) is 2. The zero-order chi connectivity index (χ0) is 20.4. The minimum absolute atomic E-state index is 0. The van der Waals surface area contributed by atoms with Crippen molar-refractivity contribution in [1.82, 2.24) is 20.9 Å². The summed E-state index contributed by atoms with van der Waals surface area (Å²) in [5.74, 6) is 1.92. The standard InChI is InChI=1S/C19H29N5O4.HI/c1-4-28-16-12-14(7-8-15(16)27-3)6-5-9-21-18(20-2)22-10-11-24-17(25)13-23-19(24)26;/h7-8,12H,4-6,9-11,13H2,1-3H3,(H,23,26)(H2,20,21,22);1H. The van der Waals surface area contributed by atoms with Crippen LogP contribution in [-0.2, 0) is 11.2 Å². The Hall–Kier alpha value is -2.24. The van der Waals surface area contributed by atoms with Gasteiger partial charge in [0.25, 0.3) is 0 Å². The van der Waals surface area contributed by atoms with Crippen molar-refractivity contribution < 1.29 is 19.1 Å². The van der Waals surface area contributed by atoms with Gasteiger partial charge in [0.1, 0.15) is 0 Å². The molecule has 1 aliphatic rings. The highest BCUT2D eigenvalue weighted by Gasteiger charge is 2.27. The van der Waals surface area contributed by atoms with Crippen molar-refractivity contribution in [3.05, 3.63) is 23.8 Å². The average molecular weight is 519 g/mol. The molecule has 3 amide bonds. The number of benzene rings is 1. The molecular formula is C19H30IN5O4. The summed E-state index contributed by atoms with van der Waals surface area (Å²) >= 11 is 0. The topological polar surface area (TPSA) is 104 Å². The second-order valence-corrected chi connectivity index (χ2v) is 6.15. The van der Waals surface area contributed by atoms with Crippen molar-refractivity contribution in [2.45, 2.75) is 19.8 Å². The number of carbonyl (C=O) groups excluding carboxylic acids is 2. The first kappa shape index (κ1) is 24.8. The molecule has 9 nitrogen and oxygen atoms in total. The van der Waals surface area contributed by atoms with Crippen LogP contribution in [0.1, 0.15) is 18.9 Å². The molecule has 10 heteroatoms. The van der Waals surface area contributed by atoms with Gasteiger partial charge in [0.05, 0.1) is 20.3 Å². The van der Waals surface area contributed by atoms with E-state index >= 15 is 0 Å². The Balaban J connectivity index is 0.00000420. The van der Waals surface area contributed by atoms with Gasteiger partial charge in [-0.2, -0.15) is 0 Å². The van der Waals surface area contributed by atoms with E-state index in [1.165, 1.54) is 10.5 Å². The van der Waals surface area contributed by atoms with E-state index in [1.807, 2.05) is 25.1 Å². The fraction of sp³-hybridized carbons (Fsp3) is 0.526. The molecule has 29 heavy (non-hydrogen) atoms. The first-order chi connectivity index (χ1) is 13.6. The van der Waals surface area contributed by atoms with Gasteiger partial charge in [0, 0.05) is 26.7 Å². The molecule has 0 atom stereocenters. The molecule has 1 saturated heterocycles. The molecule has 0 saturated carbocycles. The predicted octanol–water partition coefficient (Wildman–Crippen LogP) is 1.36. The zero-order valence-corrected chi connectivity index (χ0v) is 19.4. The maximum Gasteiger partial charge on any atom is 0.324 e. The van der Waals surface area contributed by atoms with Gasteiger partial charge in [-0.1, -0.05) is 6.07 Å². The molecule has 1 heterocycles. The van der Waals surface area contributed by atoms with Gasteiger partial charge in [-0.25, -0.2) is 4.79 Å². The van der Waals surface area contributed by atoms with Crippen molar-refractivity contribution in [3.63, 3.8) is 0 Å². The van der Waals surface area contributed by atoms with Crippen LogP contribution in [0.25, 0.3) is 0 Å². The van der Waals surface area contributed by atoms with E-state index in [9.17, 15) is 9.59 Å². The zero-order valence-electron chi connectivity index (χ0n) is 17.1. The highest BCUT2D eigenvalue weighted by Crippen LogP contribution is 2.28. The Morgan fingerprint density at radius 1 is 1.24 bits per heavy atom. The molecule has 0 aromatic heterocycles. The molecule has 0 bridgehead atoms. The maximum atomic E-state index is 11.5. The molecule has 1 aliphatic heterocycles. The van der Waals surface area contributed by atoms with E-state index < -0.39 is 0 Å². The first-order valence-corrected chi connectivity index (χ1v) is 9.41. The summed E-state index contributed by atoms with van der Waals surface area (Å²) in [6, 6.07) is 5.62. The normalized spacial score (nSPS) is 13.6. The van der Waals surface area contributed by atoms with E-state index in [0.717, 1.165) is 30.9 Å². The Kier molecular flexibility index (Phi) is 11.2. The summed E-state index contributed by atoms with van der Waals surface area (Å²) in [4.78, 5) is 28.4. The number of carbonyl (C=O) groups is 2. The molecule has 0 aliphatic carbocycles. The van der Waals surface area contributed by atoms with E-state index in [0.29, 0.717) is 25.7 Å². The van der Waals surface area contributed by atoms with Gasteiger partial charge in [-0.3, -0.25) is 14.7 Å². The number of amides is 3. The summed E-state index contributed by atoms with van der Waals surface area (Å²) in [6.07, 6.45) is 1.79. The van der Waals surface area contributed by atoms with Crippen molar-refractivity contribution in [2.24, 2.45) is 4.99 Å². The van der Waals surface area contributed by atoms with Crippen molar-refractivity contribution in [3.8, 4) is 11.5 Å². The average Bonchev–Trinajstić information content (AvgIpc) is 3.02. The largest absolute Gasteiger partial charge is 0.493 e. The number of rotatable bonds is 10. The number of urea groups is 1. The lowest BCUT2D eigenvalue weighted by molar-refractivity contribution is -0.124.